The molecule has 0 bridgehead atoms. The van der Waals surface area contributed by atoms with Crippen LogP contribution in [0.1, 0.15) is 20.8 Å². The van der Waals surface area contributed by atoms with E-state index in [1.165, 1.54) is 0 Å². The Bertz CT molecular complexity index is 102. The summed E-state index contributed by atoms with van der Waals surface area (Å²) >= 11 is 0. The number of hydrogen-bond donors (Lipinski definition) is 0. The van der Waals surface area contributed by atoms with E-state index in [0.717, 1.165) is 0 Å². The summed E-state index contributed by atoms with van der Waals surface area (Å²) in [6, 6.07) is 0. The second kappa shape index (κ2) is 4.78. The largest absolute Gasteiger partial charge is 0.632 e. The first-order valence-corrected chi connectivity index (χ1v) is 2.36. The number of carbonyl (C=O) groups excluding carboxylic acids is 1. The fraction of sp³-hybridized carbons (Fsp3) is 0.800. The molecule has 0 unspecified atom stereocenters. The molecular formula is C5H10NO2ReRf-. The SMILES string of the molecule is CC(C)(C)OC([NH-])=O.[Re].[Rf]. The summed E-state index contributed by atoms with van der Waals surface area (Å²) in [4.78, 5) is 9.90. The Hall–Kier alpha value is -1.07. The molecule has 1 amide bonds. The zero-order chi connectivity index (χ0) is 6.78. The van der Waals surface area contributed by atoms with Gasteiger partial charge in [-0.2, -0.15) is 0 Å². The maximum atomic E-state index is 9.90. The molecule has 10 heavy (non-hydrogen) atoms. The molecule has 0 spiro atoms. The van der Waals surface area contributed by atoms with Crippen LogP contribution in [0.2, 0.25) is 0 Å². The summed E-state index contributed by atoms with van der Waals surface area (Å²) in [7, 11) is 0. The Morgan fingerprint density at radius 3 is 1.70 bits per heavy atom. The van der Waals surface area contributed by atoms with Crippen LogP contribution in [-0.4, -0.2) is 11.7 Å². The molecule has 0 aromatic heterocycles. The van der Waals surface area contributed by atoms with E-state index in [9.17, 15) is 4.79 Å². The fourth-order valence-electron chi connectivity index (χ4n) is 0.278. The van der Waals surface area contributed by atoms with Crippen LogP contribution in [0.3, 0.4) is 0 Å². The van der Waals surface area contributed by atoms with Crippen molar-refractivity contribution >= 4 is 6.09 Å². The normalized spacial score (nSPS) is 8.70. The summed E-state index contributed by atoms with van der Waals surface area (Å²) in [6.45, 7) is 5.16. The van der Waals surface area contributed by atoms with Gasteiger partial charge in [0.15, 0.2) is 0 Å². The molecule has 57 valence electrons. The van der Waals surface area contributed by atoms with Crippen molar-refractivity contribution in [2.24, 2.45) is 0 Å². The molecule has 0 saturated heterocycles. The molecule has 1 radical (unpaired) electrons. The first-order valence-electron chi connectivity index (χ1n) is 2.36. The van der Waals surface area contributed by atoms with Gasteiger partial charge in [-0.1, -0.05) is 0 Å². The molecule has 3 nitrogen and oxygen atoms in total. The van der Waals surface area contributed by atoms with Crippen LogP contribution < -0.4 is 0 Å². The minimum absolute atomic E-state index is 0. The second-order valence-electron chi connectivity index (χ2n) is 2.50. The van der Waals surface area contributed by atoms with E-state index in [0.29, 0.717) is 0 Å². The quantitative estimate of drug-likeness (QED) is 0.449. The summed E-state index contributed by atoms with van der Waals surface area (Å²) in [6.07, 6.45) is -0.975. The first-order chi connectivity index (χ1) is 3.42. The van der Waals surface area contributed by atoms with Crippen LogP contribution in [0.15, 0.2) is 0 Å². The van der Waals surface area contributed by atoms with Crippen molar-refractivity contribution in [1.29, 1.82) is 0 Å². The van der Waals surface area contributed by atoms with Gasteiger partial charge in [-0.15, -0.1) is 0 Å². The minimum atomic E-state index is -0.975. The summed E-state index contributed by atoms with van der Waals surface area (Å²) in [5.74, 6) is 0. The molecule has 0 aliphatic heterocycles. The van der Waals surface area contributed by atoms with Gasteiger partial charge in [0.1, 0.15) is 5.60 Å². The second-order valence-corrected chi connectivity index (χ2v) is 2.50. The summed E-state index contributed by atoms with van der Waals surface area (Å²) < 4.78 is 4.47. The predicted molar refractivity (Wildman–Crippen MR) is 30.6 cm³/mol. The Kier molecular flexibility index (Phi) is 7.63. The molecule has 0 saturated carbocycles. The Balaban J connectivity index is -0.000000245. The maximum Gasteiger partial charge on any atom is 0.227 e. The number of hydrogen-bond acceptors (Lipinski definition) is 2. The monoisotopic (exact) mass is 570 g/mol. The van der Waals surface area contributed by atoms with Gasteiger partial charge in [0.2, 0.25) is 6.09 Å². The van der Waals surface area contributed by atoms with E-state index in [2.05, 4.69) is 4.74 Å². The van der Waals surface area contributed by atoms with Gasteiger partial charge in [0, 0.05) is 20.4 Å². The molecule has 0 aromatic rings. The van der Waals surface area contributed by atoms with E-state index >= 15 is 0 Å². The van der Waals surface area contributed by atoms with E-state index in [4.69, 9.17) is 5.73 Å². The Morgan fingerprint density at radius 1 is 1.40 bits per heavy atom. The zero-order valence-corrected chi connectivity index (χ0v) is 15.5. The van der Waals surface area contributed by atoms with Crippen LogP contribution in [0.5, 0.6) is 0 Å². The molecule has 0 atom stereocenters. The summed E-state index contributed by atoms with van der Waals surface area (Å²) in [5, 5.41) is 0. The molecule has 0 aliphatic carbocycles. The van der Waals surface area contributed by atoms with Crippen molar-refractivity contribution < 1.29 is 30.0 Å². The maximum absolute atomic E-state index is 9.90. The minimum Gasteiger partial charge on any atom is -0.632 e. The topological polar surface area (TPSA) is 50.1 Å². The van der Waals surface area contributed by atoms with Gasteiger partial charge in [-0.3, -0.25) is 4.79 Å². The third-order valence-corrected chi connectivity index (χ3v) is 0.399. The average molecular weight is 569 g/mol. The molecule has 5 heteroatoms. The van der Waals surface area contributed by atoms with Gasteiger partial charge in [0.25, 0.3) is 0 Å². The number of ether oxygens (including phenoxy) is 1. The van der Waals surface area contributed by atoms with Crippen LogP contribution in [0, 0.1) is 0 Å². The Morgan fingerprint density at radius 2 is 1.70 bits per heavy atom. The zero-order valence-electron chi connectivity index (χ0n) is 6.40. The van der Waals surface area contributed by atoms with Crippen molar-refractivity contribution in [2.75, 3.05) is 0 Å². The van der Waals surface area contributed by atoms with Crippen molar-refractivity contribution in [2.45, 2.75) is 26.4 Å². The first kappa shape index (κ1) is 16.0. The van der Waals surface area contributed by atoms with Crippen LogP contribution >= 0.6 is 0 Å². The van der Waals surface area contributed by atoms with E-state index in [-0.39, 0.29) is 20.4 Å². The molecule has 0 rings (SSSR count). The van der Waals surface area contributed by atoms with Crippen molar-refractivity contribution in [3.8, 4) is 0 Å². The van der Waals surface area contributed by atoms with Crippen LogP contribution in [0.4, 0.5) is 4.79 Å². The number of amides is 1. The van der Waals surface area contributed by atoms with Crippen molar-refractivity contribution in [3.63, 3.8) is 0 Å². The van der Waals surface area contributed by atoms with Crippen LogP contribution in [-0.2, 0) is 25.2 Å². The van der Waals surface area contributed by atoms with Gasteiger partial charge in [-0.25, -0.2) is 0 Å². The van der Waals surface area contributed by atoms with Crippen molar-refractivity contribution in [1.82, 2.24) is 0 Å². The summed E-state index contributed by atoms with van der Waals surface area (Å²) in [5.41, 5.74) is 5.86. The molecular weight excluding hydrogens is 559 g/mol. The van der Waals surface area contributed by atoms with Crippen LogP contribution in [0.25, 0.3) is 5.73 Å². The van der Waals surface area contributed by atoms with Crippen molar-refractivity contribution in [3.05, 3.63) is 5.73 Å². The predicted octanol–water partition coefficient (Wildman–Crippen LogP) is 1.97. The molecule has 1 N–H and O–H groups in total. The van der Waals surface area contributed by atoms with Gasteiger partial charge >= 0.3 is 0 Å². The average Bonchev–Trinajstić information content (AvgIpc) is 1.21. The smallest absolute Gasteiger partial charge is 0.227 e. The number of carbonyl (C=O) groups is 1. The standard InChI is InChI=1S/C5H11NO2.Re.Rf/c1-5(2,3)8-4(6)7;;/h1-3H3,(H2,6,7);;/p-1. The molecule has 0 fully saturated rings. The van der Waals surface area contributed by atoms with Gasteiger partial charge < -0.3 is 10.5 Å². The van der Waals surface area contributed by atoms with E-state index in [1.54, 1.807) is 20.8 Å². The van der Waals surface area contributed by atoms with Gasteiger partial charge in [0.05, 0.1) is 0 Å². The van der Waals surface area contributed by atoms with E-state index < -0.39 is 11.7 Å². The molecule has 0 aromatic carbocycles. The fourth-order valence-corrected chi connectivity index (χ4v) is 0.278. The Labute approximate surface area is 68.6 Å². The third kappa shape index (κ3) is 15.8. The molecule has 0 aliphatic rings. The third-order valence-electron chi connectivity index (χ3n) is 0.399. The van der Waals surface area contributed by atoms with E-state index in [1.807, 2.05) is 0 Å². The number of nitrogens with one attached hydrogen (secondary N) is 1. The molecule has 0 heterocycles. The van der Waals surface area contributed by atoms with Gasteiger partial charge in [-0.05, 0) is 20.8 Å². The number of rotatable bonds is 0.